The molecule has 3 aromatic rings. The molecule has 0 unspecified atom stereocenters. The van der Waals surface area contributed by atoms with Crippen LogP contribution < -0.4 is 19.0 Å². The van der Waals surface area contributed by atoms with Gasteiger partial charge < -0.3 is 18.8 Å². The highest BCUT2D eigenvalue weighted by Gasteiger charge is 2.08. The van der Waals surface area contributed by atoms with Gasteiger partial charge in [0.05, 0.1) is 31.0 Å². The number of ether oxygens (including phenoxy) is 3. The Balaban J connectivity index is 1.93. The second kappa shape index (κ2) is 9.93. The number of fused-ring (bicyclic) bond motifs is 1. The van der Waals surface area contributed by atoms with Gasteiger partial charge in [0, 0.05) is 12.6 Å². The summed E-state index contributed by atoms with van der Waals surface area (Å²) in [6.07, 6.45) is 4.92. The lowest BCUT2D eigenvalue weighted by atomic mass is 10.2. The average Bonchev–Trinajstić information content (AvgIpc) is 3.08. The van der Waals surface area contributed by atoms with Gasteiger partial charge in [-0.3, -0.25) is 4.79 Å². The third-order valence-electron chi connectivity index (χ3n) is 4.31. The monoisotopic (exact) mass is 424 g/mol. The van der Waals surface area contributed by atoms with Crippen LogP contribution in [0, 0.1) is 0 Å². The van der Waals surface area contributed by atoms with Gasteiger partial charge >= 0.3 is 0 Å². The smallest absolute Gasteiger partial charge is 0.272 e. The van der Waals surface area contributed by atoms with Gasteiger partial charge in [0.15, 0.2) is 16.3 Å². The van der Waals surface area contributed by atoms with Crippen LogP contribution in [0.25, 0.3) is 16.3 Å². The number of aromatic nitrogens is 1. The number of methoxy groups -OCH3 is 2. The van der Waals surface area contributed by atoms with Crippen molar-refractivity contribution in [2.24, 2.45) is 4.99 Å². The van der Waals surface area contributed by atoms with Gasteiger partial charge in [-0.15, -0.1) is 6.58 Å². The van der Waals surface area contributed by atoms with Crippen molar-refractivity contribution in [2.75, 3.05) is 20.8 Å². The van der Waals surface area contributed by atoms with Crippen molar-refractivity contribution in [1.29, 1.82) is 0 Å². The van der Waals surface area contributed by atoms with E-state index in [0.29, 0.717) is 29.5 Å². The van der Waals surface area contributed by atoms with E-state index in [2.05, 4.69) is 11.6 Å². The second-order valence-electron chi connectivity index (χ2n) is 6.24. The summed E-state index contributed by atoms with van der Waals surface area (Å²) in [5, 5.41) is 0. The molecule has 1 aromatic heterocycles. The van der Waals surface area contributed by atoms with Gasteiger partial charge in [0.1, 0.15) is 5.75 Å². The van der Waals surface area contributed by atoms with E-state index in [4.69, 9.17) is 14.2 Å². The molecule has 0 aliphatic heterocycles. The number of benzene rings is 2. The van der Waals surface area contributed by atoms with Crippen LogP contribution in [0.2, 0.25) is 0 Å². The highest BCUT2D eigenvalue weighted by Crippen LogP contribution is 2.28. The summed E-state index contributed by atoms with van der Waals surface area (Å²) in [6, 6.07) is 11.3. The lowest BCUT2D eigenvalue weighted by molar-refractivity contribution is -0.113. The zero-order valence-electron chi connectivity index (χ0n) is 17.3. The first-order valence-corrected chi connectivity index (χ1v) is 10.3. The molecule has 30 heavy (non-hydrogen) atoms. The lowest BCUT2D eigenvalue weighted by Crippen LogP contribution is -2.15. The summed E-state index contributed by atoms with van der Waals surface area (Å²) < 4.78 is 19.1. The Morgan fingerprint density at radius 3 is 2.67 bits per heavy atom. The second-order valence-corrected chi connectivity index (χ2v) is 7.25. The Morgan fingerprint density at radius 2 is 1.97 bits per heavy atom. The molecule has 0 bridgehead atoms. The molecule has 0 spiro atoms. The van der Waals surface area contributed by atoms with Crippen LogP contribution in [-0.2, 0) is 11.3 Å². The summed E-state index contributed by atoms with van der Waals surface area (Å²) in [5.41, 5.74) is 1.80. The SMILES string of the molecule is C=CCn1c(=NC(=O)/C=C\c2ccc(OC)c(OC)c2)sc2cc(OCC)ccc21. The van der Waals surface area contributed by atoms with Crippen molar-refractivity contribution in [2.45, 2.75) is 13.5 Å². The molecule has 0 N–H and O–H groups in total. The summed E-state index contributed by atoms with van der Waals surface area (Å²) in [7, 11) is 3.15. The summed E-state index contributed by atoms with van der Waals surface area (Å²) in [4.78, 5) is 17.4. The van der Waals surface area contributed by atoms with Gasteiger partial charge in [-0.1, -0.05) is 23.5 Å². The molecule has 0 atom stereocenters. The zero-order chi connectivity index (χ0) is 21.5. The number of amides is 1. The third kappa shape index (κ3) is 4.80. The fraction of sp³-hybridized carbons (Fsp3) is 0.217. The van der Waals surface area contributed by atoms with E-state index in [1.54, 1.807) is 38.5 Å². The molecule has 0 fully saturated rings. The first-order chi connectivity index (χ1) is 14.6. The molecule has 156 valence electrons. The summed E-state index contributed by atoms with van der Waals surface area (Å²) in [5.74, 6) is 1.68. The molecule has 7 heteroatoms. The number of nitrogens with zero attached hydrogens (tertiary/aromatic N) is 2. The maximum absolute atomic E-state index is 12.5. The molecule has 1 amide bonds. The topological polar surface area (TPSA) is 62.1 Å². The van der Waals surface area contributed by atoms with Crippen LogP contribution in [0.5, 0.6) is 17.2 Å². The number of allylic oxidation sites excluding steroid dienone is 1. The number of carbonyl (C=O) groups is 1. The third-order valence-corrected chi connectivity index (χ3v) is 5.35. The van der Waals surface area contributed by atoms with Gasteiger partial charge in [-0.2, -0.15) is 4.99 Å². The molecular formula is C23H24N2O4S. The van der Waals surface area contributed by atoms with Crippen molar-refractivity contribution < 1.29 is 19.0 Å². The Bertz CT molecular complexity index is 1160. The normalized spacial score (nSPS) is 11.8. The van der Waals surface area contributed by atoms with Crippen LogP contribution in [0.15, 0.2) is 60.1 Å². The van der Waals surface area contributed by atoms with Crippen LogP contribution >= 0.6 is 11.3 Å². The molecule has 0 saturated carbocycles. The minimum Gasteiger partial charge on any atom is -0.494 e. The minimum atomic E-state index is -0.348. The predicted octanol–water partition coefficient (Wildman–Crippen LogP) is 4.45. The highest BCUT2D eigenvalue weighted by atomic mass is 32.1. The van der Waals surface area contributed by atoms with E-state index in [-0.39, 0.29) is 5.91 Å². The van der Waals surface area contributed by atoms with E-state index in [1.807, 2.05) is 35.8 Å². The van der Waals surface area contributed by atoms with Crippen molar-refractivity contribution >= 4 is 33.5 Å². The van der Waals surface area contributed by atoms with E-state index in [0.717, 1.165) is 21.5 Å². The first-order valence-electron chi connectivity index (χ1n) is 9.45. The average molecular weight is 425 g/mol. The Morgan fingerprint density at radius 1 is 1.17 bits per heavy atom. The van der Waals surface area contributed by atoms with Crippen molar-refractivity contribution in [1.82, 2.24) is 4.57 Å². The molecule has 3 rings (SSSR count). The van der Waals surface area contributed by atoms with Crippen LogP contribution in [0.1, 0.15) is 12.5 Å². The quantitative estimate of drug-likeness (QED) is 0.396. The maximum atomic E-state index is 12.5. The van der Waals surface area contributed by atoms with Gasteiger partial charge in [0.25, 0.3) is 5.91 Å². The van der Waals surface area contributed by atoms with E-state index in [9.17, 15) is 4.79 Å². The number of hydrogen-bond acceptors (Lipinski definition) is 5. The van der Waals surface area contributed by atoms with Crippen molar-refractivity contribution in [3.63, 3.8) is 0 Å². The van der Waals surface area contributed by atoms with Gasteiger partial charge in [-0.25, -0.2) is 0 Å². The number of thiazole rings is 1. The van der Waals surface area contributed by atoms with Gasteiger partial charge in [0.2, 0.25) is 0 Å². The zero-order valence-corrected chi connectivity index (χ0v) is 18.1. The molecule has 0 saturated heterocycles. The minimum absolute atomic E-state index is 0.348. The molecule has 0 aliphatic carbocycles. The van der Waals surface area contributed by atoms with Crippen LogP contribution in [-0.4, -0.2) is 31.3 Å². The predicted molar refractivity (Wildman–Crippen MR) is 120 cm³/mol. The lowest BCUT2D eigenvalue weighted by Gasteiger charge is -2.07. The van der Waals surface area contributed by atoms with Crippen molar-refractivity contribution in [3.05, 3.63) is 65.5 Å². The largest absolute Gasteiger partial charge is 0.494 e. The number of carbonyl (C=O) groups excluding carboxylic acids is 1. The Kier molecular flexibility index (Phi) is 7.08. The molecule has 1 heterocycles. The summed E-state index contributed by atoms with van der Waals surface area (Å²) >= 11 is 1.44. The van der Waals surface area contributed by atoms with Gasteiger partial charge in [-0.05, 0) is 48.9 Å². The Hall–Kier alpha value is -3.32. The van der Waals surface area contributed by atoms with Crippen LogP contribution in [0.4, 0.5) is 0 Å². The first kappa shape index (κ1) is 21.4. The molecular weight excluding hydrogens is 400 g/mol. The Labute approximate surface area is 179 Å². The van der Waals surface area contributed by atoms with Crippen molar-refractivity contribution in [3.8, 4) is 17.2 Å². The number of hydrogen-bond donors (Lipinski definition) is 0. The molecule has 6 nitrogen and oxygen atoms in total. The van der Waals surface area contributed by atoms with Crippen LogP contribution in [0.3, 0.4) is 0 Å². The maximum Gasteiger partial charge on any atom is 0.272 e. The molecule has 0 aliphatic rings. The molecule has 0 radical (unpaired) electrons. The summed E-state index contributed by atoms with van der Waals surface area (Å²) in [6.45, 7) is 6.91. The van der Waals surface area contributed by atoms with E-state index >= 15 is 0 Å². The fourth-order valence-corrected chi connectivity index (χ4v) is 4.03. The highest BCUT2D eigenvalue weighted by molar-refractivity contribution is 7.16. The van der Waals surface area contributed by atoms with E-state index < -0.39 is 0 Å². The number of rotatable bonds is 8. The fourth-order valence-electron chi connectivity index (χ4n) is 2.96. The standard InChI is InChI=1S/C23H24N2O4S/c1-5-13-25-18-10-9-17(29-6-2)15-21(18)30-23(25)24-22(26)12-8-16-7-11-19(27-3)20(14-16)28-4/h5,7-12,14-15H,1,6,13H2,2-4H3/b12-8-,24-23?. The molecule has 2 aromatic carbocycles. The van der Waals surface area contributed by atoms with E-state index in [1.165, 1.54) is 17.4 Å².